The largest absolute Gasteiger partial charge is 0.490 e. The topological polar surface area (TPSA) is 35.5 Å². The molecule has 0 unspecified atom stereocenters. The molecule has 3 nitrogen and oxygen atoms in total. The Labute approximate surface area is 144 Å². The second-order valence-corrected chi connectivity index (χ2v) is 4.88. The summed E-state index contributed by atoms with van der Waals surface area (Å²) < 4.78 is 10.3. The van der Waals surface area contributed by atoms with E-state index in [9.17, 15) is 4.79 Å². The van der Waals surface area contributed by atoms with Crippen molar-refractivity contribution in [2.24, 2.45) is 0 Å². The highest BCUT2D eigenvalue weighted by Crippen LogP contribution is 2.15. The van der Waals surface area contributed by atoms with Gasteiger partial charge in [-0.2, -0.15) is 0 Å². The Bertz CT molecular complexity index is 599. The van der Waals surface area contributed by atoms with E-state index < -0.39 is 0 Å². The molecular formula is C21H26O3. The van der Waals surface area contributed by atoms with Gasteiger partial charge in [-0.05, 0) is 45.0 Å². The van der Waals surface area contributed by atoms with Gasteiger partial charge in [-0.1, -0.05) is 42.5 Å². The number of benzene rings is 2. The van der Waals surface area contributed by atoms with Gasteiger partial charge in [0.05, 0.1) is 0 Å². The Balaban J connectivity index is 0.000000505. The van der Waals surface area contributed by atoms with E-state index in [2.05, 4.69) is 0 Å². The SMILES string of the molecule is C/C=C/COc1ccc(C(=O)c2ccccc2)cc1.CCOCC. The number of ether oxygens (including phenoxy) is 2. The van der Waals surface area contributed by atoms with Crippen LogP contribution in [0.1, 0.15) is 36.7 Å². The third-order valence-corrected chi connectivity index (χ3v) is 3.14. The van der Waals surface area contributed by atoms with Crippen LogP contribution in [0.2, 0.25) is 0 Å². The first kappa shape index (κ1) is 19.7. The first-order chi connectivity index (χ1) is 11.7. The molecule has 3 heteroatoms. The molecule has 0 amide bonds. The standard InChI is InChI=1S/C17H16O2.C4H10O/c1-2-3-13-19-16-11-9-15(10-12-16)17(18)14-7-5-4-6-8-14;1-3-5-4-2/h2-12H,13H2,1H3;3-4H2,1-2H3/b3-2+;. The van der Waals surface area contributed by atoms with Crippen molar-refractivity contribution in [3.63, 3.8) is 0 Å². The lowest BCUT2D eigenvalue weighted by Gasteiger charge is -2.05. The van der Waals surface area contributed by atoms with Crippen molar-refractivity contribution in [1.82, 2.24) is 0 Å². The van der Waals surface area contributed by atoms with Crippen LogP contribution in [-0.4, -0.2) is 25.6 Å². The number of carbonyl (C=O) groups is 1. The molecule has 0 radical (unpaired) electrons. The number of rotatable bonds is 7. The Morgan fingerprint density at radius 1 is 0.917 bits per heavy atom. The van der Waals surface area contributed by atoms with Crippen molar-refractivity contribution in [3.8, 4) is 5.75 Å². The van der Waals surface area contributed by atoms with Crippen LogP contribution < -0.4 is 4.74 Å². The smallest absolute Gasteiger partial charge is 0.193 e. The molecule has 0 saturated heterocycles. The summed E-state index contributed by atoms with van der Waals surface area (Å²) in [5, 5.41) is 0. The molecule has 0 heterocycles. The highest BCUT2D eigenvalue weighted by atomic mass is 16.5. The van der Waals surface area contributed by atoms with E-state index >= 15 is 0 Å². The normalized spacial score (nSPS) is 10.1. The van der Waals surface area contributed by atoms with Crippen LogP contribution in [0.3, 0.4) is 0 Å². The molecule has 0 saturated carbocycles. The number of ketones is 1. The van der Waals surface area contributed by atoms with Gasteiger partial charge < -0.3 is 9.47 Å². The molecule has 2 aromatic rings. The summed E-state index contributed by atoms with van der Waals surface area (Å²) in [5.74, 6) is 0.795. The van der Waals surface area contributed by atoms with Crippen molar-refractivity contribution in [1.29, 1.82) is 0 Å². The lowest BCUT2D eigenvalue weighted by molar-refractivity contribution is 0.103. The van der Waals surface area contributed by atoms with Gasteiger partial charge in [-0.3, -0.25) is 4.79 Å². The monoisotopic (exact) mass is 326 g/mol. The van der Waals surface area contributed by atoms with Gasteiger partial charge in [-0.25, -0.2) is 0 Å². The van der Waals surface area contributed by atoms with E-state index in [1.54, 1.807) is 12.1 Å². The first-order valence-corrected chi connectivity index (χ1v) is 8.24. The summed E-state index contributed by atoms with van der Waals surface area (Å²) in [6.45, 7) is 8.16. The molecule has 0 aliphatic carbocycles. The van der Waals surface area contributed by atoms with E-state index in [4.69, 9.17) is 9.47 Å². The van der Waals surface area contributed by atoms with Crippen molar-refractivity contribution < 1.29 is 14.3 Å². The van der Waals surface area contributed by atoms with Gasteiger partial charge in [0.1, 0.15) is 12.4 Å². The Hall–Kier alpha value is -2.39. The highest BCUT2D eigenvalue weighted by molar-refractivity contribution is 6.08. The van der Waals surface area contributed by atoms with Crippen LogP contribution in [-0.2, 0) is 4.74 Å². The molecule has 0 spiro atoms. The van der Waals surface area contributed by atoms with Crippen molar-refractivity contribution >= 4 is 5.78 Å². The van der Waals surface area contributed by atoms with Gasteiger partial charge in [-0.15, -0.1) is 0 Å². The molecule has 0 atom stereocenters. The molecule has 2 aromatic carbocycles. The minimum atomic E-state index is 0.0283. The Morgan fingerprint density at radius 2 is 1.50 bits per heavy atom. The maximum Gasteiger partial charge on any atom is 0.193 e. The van der Waals surface area contributed by atoms with E-state index in [1.807, 2.05) is 75.4 Å². The summed E-state index contributed by atoms with van der Waals surface area (Å²) >= 11 is 0. The van der Waals surface area contributed by atoms with Crippen molar-refractivity contribution in [3.05, 3.63) is 77.9 Å². The highest BCUT2D eigenvalue weighted by Gasteiger charge is 2.07. The molecule has 0 bridgehead atoms. The number of allylic oxidation sites excluding steroid dienone is 1. The summed E-state index contributed by atoms with van der Waals surface area (Å²) in [7, 11) is 0. The quantitative estimate of drug-likeness (QED) is 0.535. The lowest BCUT2D eigenvalue weighted by atomic mass is 10.0. The van der Waals surface area contributed by atoms with E-state index in [0.717, 1.165) is 19.0 Å². The molecular weight excluding hydrogens is 300 g/mol. The zero-order valence-corrected chi connectivity index (χ0v) is 14.7. The molecule has 24 heavy (non-hydrogen) atoms. The fourth-order valence-electron chi connectivity index (χ4n) is 1.90. The van der Waals surface area contributed by atoms with Crippen LogP contribution >= 0.6 is 0 Å². The van der Waals surface area contributed by atoms with Crippen LogP contribution in [0.4, 0.5) is 0 Å². The molecule has 0 aliphatic heterocycles. The molecule has 0 aliphatic rings. The summed E-state index contributed by atoms with van der Waals surface area (Å²) in [5.41, 5.74) is 1.37. The van der Waals surface area contributed by atoms with Crippen LogP contribution in [0.15, 0.2) is 66.7 Å². The number of carbonyl (C=O) groups excluding carboxylic acids is 1. The molecule has 0 aromatic heterocycles. The summed E-state index contributed by atoms with van der Waals surface area (Å²) in [4.78, 5) is 12.2. The molecule has 128 valence electrons. The lowest BCUT2D eigenvalue weighted by Crippen LogP contribution is -2.01. The van der Waals surface area contributed by atoms with Crippen LogP contribution in [0.25, 0.3) is 0 Å². The zero-order chi connectivity index (χ0) is 17.6. The maximum atomic E-state index is 12.2. The van der Waals surface area contributed by atoms with E-state index in [0.29, 0.717) is 17.7 Å². The Kier molecular flexibility index (Phi) is 9.90. The van der Waals surface area contributed by atoms with Gasteiger partial charge in [0.15, 0.2) is 5.78 Å². The van der Waals surface area contributed by atoms with Crippen molar-refractivity contribution in [2.45, 2.75) is 20.8 Å². The van der Waals surface area contributed by atoms with Gasteiger partial charge in [0.2, 0.25) is 0 Å². The number of hydrogen-bond acceptors (Lipinski definition) is 3. The maximum absolute atomic E-state index is 12.2. The van der Waals surface area contributed by atoms with Crippen molar-refractivity contribution in [2.75, 3.05) is 19.8 Å². The average Bonchev–Trinajstić information content (AvgIpc) is 2.64. The average molecular weight is 326 g/mol. The number of hydrogen-bond donors (Lipinski definition) is 0. The second-order valence-electron chi connectivity index (χ2n) is 4.88. The second kappa shape index (κ2) is 12.1. The van der Waals surface area contributed by atoms with E-state index in [-0.39, 0.29) is 5.78 Å². The fraction of sp³-hybridized carbons (Fsp3) is 0.286. The molecule has 0 fully saturated rings. The summed E-state index contributed by atoms with van der Waals surface area (Å²) in [6, 6.07) is 16.5. The first-order valence-electron chi connectivity index (χ1n) is 8.24. The van der Waals surface area contributed by atoms with Gasteiger partial charge in [0.25, 0.3) is 0 Å². The third kappa shape index (κ3) is 7.25. The zero-order valence-electron chi connectivity index (χ0n) is 14.7. The predicted octanol–water partition coefficient (Wildman–Crippen LogP) is 4.92. The van der Waals surface area contributed by atoms with Crippen LogP contribution in [0.5, 0.6) is 5.75 Å². The summed E-state index contributed by atoms with van der Waals surface area (Å²) in [6.07, 6.45) is 3.87. The minimum Gasteiger partial charge on any atom is -0.490 e. The van der Waals surface area contributed by atoms with E-state index in [1.165, 1.54) is 0 Å². The fourth-order valence-corrected chi connectivity index (χ4v) is 1.90. The molecule has 0 N–H and O–H groups in total. The third-order valence-electron chi connectivity index (χ3n) is 3.14. The van der Waals surface area contributed by atoms with Gasteiger partial charge in [0, 0.05) is 24.3 Å². The van der Waals surface area contributed by atoms with Gasteiger partial charge >= 0.3 is 0 Å². The predicted molar refractivity (Wildman–Crippen MR) is 98.8 cm³/mol. The minimum absolute atomic E-state index is 0.0283. The van der Waals surface area contributed by atoms with Crippen LogP contribution in [0, 0.1) is 0 Å². The Morgan fingerprint density at radius 3 is 2.00 bits per heavy atom. The molecule has 2 rings (SSSR count).